The van der Waals surface area contributed by atoms with E-state index < -0.39 is 11.1 Å². The molecule has 1 aromatic rings. The Balaban J connectivity index is 2.02. The molecule has 1 fully saturated rings. The van der Waals surface area contributed by atoms with Crippen LogP contribution in [0.2, 0.25) is 0 Å². The zero-order chi connectivity index (χ0) is 13.1. The van der Waals surface area contributed by atoms with Gasteiger partial charge in [-0.3, -0.25) is 4.18 Å². The van der Waals surface area contributed by atoms with E-state index in [1.807, 2.05) is 0 Å². The number of rotatable bonds is 4. The first-order valence-electron chi connectivity index (χ1n) is 6.70. The molecule has 2 rings (SSSR count). The third kappa shape index (κ3) is 3.23. The predicted octanol–water partition coefficient (Wildman–Crippen LogP) is 3.78. The fourth-order valence-corrected chi connectivity index (χ4v) is 3.61. The van der Waals surface area contributed by atoms with Crippen LogP contribution < -0.4 is 0 Å². The molecule has 0 aromatic carbocycles. The van der Waals surface area contributed by atoms with Gasteiger partial charge in [0.15, 0.2) is 0 Å². The highest BCUT2D eigenvalue weighted by Gasteiger charge is 2.33. The molecule has 0 N–H and O–H groups in total. The van der Waals surface area contributed by atoms with Gasteiger partial charge in [-0.25, -0.2) is 4.21 Å². The average Bonchev–Trinajstić information content (AvgIpc) is 2.81. The second kappa shape index (κ2) is 6.02. The van der Waals surface area contributed by atoms with Gasteiger partial charge in [-0.2, -0.15) is 0 Å². The summed E-state index contributed by atoms with van der Waals surface area (Å²) in [6.07, 6.45) is 5.02. The van der Waals surface area contributed by atoms with Gasteiger partial charge < -0.3 is 4.42 Å². The van der Waals surface area contributed by atoms with E-state index in [1.54, 1.807) is 12.1 Å². The van der Waals surface area contributed by atoms with E-state index in [0.29, 0.717) is 22.8 Å². The third-order valence-electron chi connectivity index (χ3n) is 3.83. The smallest absolute Gasteiger partial charge is 0.226 e. The molecule has 1 aliphatic rings. The Hall–Kier alpha value is -0.610. The van der Waals surface area contributed by atoms with Crippen LogP contribution >= 0.6 is 0 Å². The minimum atomic E-state index is -1.47. The molecule has 102 valence electrons. The van der Waals surface area contributed by atoms with E-state index in [9.17, 15) is 4.21 Å². The van der Waals surface area contributed by atoms with Crippen LogP contribution in [0.1, 0.15) is 40.0 Å². The lowest BCUT2D eigenvalue weighted by atomic mass is 9.75. The molecular formula is C14H22O3S. The van der Waals surface area contributed by atoms with Crippen molar-refractivity contribution in [3.8, 4) is 0 Å². The second-order valence-electron chi connectivity index (χ2n) is 5.63. The number of hydrogen-bond donors (Lipinski definition) is 0. The maximum atomic E-state index is 12.0. The first-order valence-corrected chi connectivity index (χ1v) is 7.77. The summed E-state index contributed by atoms with van der Waals surface area (Å²) in [5, 5.41) is 0.413. The Bertz CT molecular complexity index is 386. The Morgan fingerprint density at radius 2 is 2.22 bits per heavy atom. The van der Waals surface area contributed by atoms with Crippen molar-refractivity contribution in [2.75, 3.05) is 0 Å². The maximum absolute atomic E-state index is 12.0. The van der Waals surface area contributed by atoms with Gasteiger partial charge in [-0.05, 0) is 42.7 Å². The van der Waals surface area contributed by atoms with E-state index in [2.05, 4.69) is 20.8 Å². The van der Waals surface area contributed by atoms with E-state index in [1.165, 1.54) is 19.1 Å². The van der Waals surface area contributed by atoms with Gasteiger partial charge in [0.1, 0.15) is 0 Å². The van der Waals surface area contributed by atoms with Crippen molar-refractivity contribution in [1.82, 2.24) is 0 Å². The first kappa shape index (κ1) is 13.8. The molecule has 1 saturated carbocycles. The molecule has 1 heterocycles. The largest absolute Gasteiger partial charge is 0.453 e. The van der Waals surface area contributed by atoms with Crippen LogP contribution in [0.4, 0.5) is 0 Å². The summed E-state index contributed by atoms with van der Waals surface area (Å²) < 4.78 is 22.9. The molecule has 0 radical (unpaired) electrons. The molecule has 0 spiro atoms. The van der Waals surface area contributed by atoms with Gasteiger partial charge in [0.05, 0.1) is 12.4 Å². The fraction of sp³-hybridized carbons (Fsp3) is 0.714. The molecule has 0 aliphatic heterocycles. The summed E-state index contributed by atoms with van der Waals surface area (Å²) in [7, 11) is 0. The van der Waals surface area contributed by atoms with E-state index >= 15 is 0 Å². The monoisotopic (exact) mass is 270 g/mol. The van der Waals surface area contributed by atoms with Crippen molar-refractivity contribution >= 4 is 11.1 Å². The van der Waals surface area contributed by atoms with E-state index in [-0.39, 0.29) is 6.10 Å². The van der Waals surface area contributed by atoms with E-state index in [4.69, 9.17) is 8.60 Å². The van der Waals surface area contributed by atoms with Crippen molar-refractivity contribution in [1.29, 1.82) is 0 Å². The molecule has 3 nitrogen and oxygen atoms in total. The first-order chi connectivity index (χ1) is 8.58. The fourth-order valence-electron chi connectivity index (χ4n) is 2.74. The Labute approximate surface area is 112 Å². The van der Waals surface area contributed by atoms with Crippen LogP contribution in [0.15, 0.2) is 27.9 Å². The molecule has 0 saturated heterocycles. The Morgan fingerprint density at radius 3 is 2.83 bits per heavy atom. The highest BCUT2D eigenvalue weighted by Crippen LogP contribution is 2.36. The molecule has 18 heavy (non-hydrogen) atoms. The summed E-state index contributed by atoms with van der Waals surface area (Å²) in [5.41, 5.74) is 0. The summed E-state index contributed by atoms with van der Waals surface area (Å²) in [6, 6.07) is 3.44. The zero-order valence-corrected chi connectivity index (χ0v) is 12.1. The van der Waals surface area contributed by atoms with Crippen LogP contribution in [0, 0.1) is 17.8 Å². The minimum absolute atomic E-state index is 0.0830. The molecule has 1 aliphatic carbocycles. The molecular weight excluding hydrogens is 248 g/mol. The van der Waals surface area contributed by atoms with Gasteiger partial charge in [0, 0.05) is 0 Å². The highest BCUT2D eigenvalue weighted by atomic mass is 32.2. The lowest BCUT2D eigenvalue weighted by molar-refractivity contribution is 0.0554. The van der Waals surface area contributed by atoms with Crippen molar-refractivity contribution in [2.24, 2.45) is 17.8 Å². The summed E-state index contributed by atoms with van der Waals surface area (Å²) in [5.74, 6) is 1.72. The van der Waals surface area contributed by atoms with Gasteiger partial charge >= 0.3 is 0 Å². The average molecular weight is 270 g/mol. The van der Waals surface area contributed by atoms with Crippen LogP contribution in [0.3, 0.4) is 0 Å². The lowest BCUT2D eigenvalue weighted by Gasteiger charge is -2.36. The summed E-state index contributed by atoms with van der Waals surface area (Å²) in [6.45, 7) is 6.67. The lowest BCUT2D eigenvalue weighted by Crippen LogP contribution is -2.34. The summed E-state index contributed by atoms with van der Waals surface area (Å²) in [4.78, 5) is 0. The predicted molar refractivity (Wildman–Crippen MR) is 71.3 cm³/mol. The van der Waals surface area contributed by atoms with Crippen molar-refractivity contribution in [3.63, 3.8) is 0 Å². The number of furan rings is 1. The van der Waals surface area contributed by atoms with Crippen LogP contribution in [-0.2, 0) is 15.3 Å². The number of hydrogen-bond acceptors (Lipinski definition) is 3. The highest BCUT2D eigenvalue weighted by molar-refractivity contribution is 7.80. The van der Waals surface area contributed by atoms with E-state index in [0.717, 1.165) is 6.42 Å². The SMILES string of the molecule is CC(C)[C@@H]1CC[C@@H](C)C[C@H]1O[S@@](=O)c1ccco1. The Morgan fingerprint density at radius 1 is 1.44 bits per heavy atom. The zero-order valence-electron chi connectivity index (χ0n) is 11.3. The maximum Gasteiger partial charge on any atom is 0.226 e. The quantitative estimate of drug-likeness (QED) is 0.836. The second-order valence-corrected chi connectivity index (χ2v) is 6.69. The van der Waals surface area contributed by atoms with Gasteiger partial charge in [-0.1, -0.05) is 27.2 Å². The molecule has 1 aromatic heterocycles. The molecule has 0 bridgehead atoms. The molecule has 0 unspecified atom stereocenters. The molecule has 4 atom stereocenters. The van der Waals surface area contributed by atoms with Crippen LogP contribution in [0.5, 0.6) is 0 Å². The third-order valence-corrected chi connectivity index (χ3v) is 4.81. The van der Waals surface area contributed by atoms with Crippen LogP contribution in [0.25, 0.3) is 0 Å². The summed E-state index contributed by atoms with van der Waals surface area (Å²) >= 11 is -1.47. The molecule has 0 amide bonds. The van der Waals surface area contributed by atoms with Crippen molar-refractivity contribution < 1.29 is 12.8 Å². The van der Waals surface area contributed by atoms with Crippen molar-refractivity contribution in [3.05, 3.63) is 18.4 Å². The standard InChI is InChI=1S/C14H22O3S/c1-10(2)12-7-6-11(3)9-13(12)17-18(15)14-5-4-8-16-14/h4-5,8,10-13H,6-7,9H2,1-3H3/t11-,12+,13-,18-/m1/s1. The van der Waals surface area contributed by atoms with Crippen molar-refractivity contribution in [2.45, 2.75) is 51.2 Å². The topological polar surface area (TPSA) is 39.4 Å². The van der Waals surface area contributed by atoms with Gasteiger partial charge in [0.2, 0.25) is 16.2 Å². The molecule has 4 heteroatoms. The van der Waals surface area contributed by atoms with Gasteiger partial charge in [0.25, 0.3) is 0 Å². The van der Waals surface area contributed by atoms with Gasteiger partial charge in [-0.15, -0.1) is 0 Å². The normalized spacial score (nSPS) is 30.6. The minimum Gasteiger partial charge on any atom is -0.453 e. The Kier molecular flexibility index (Phi) is 4.62. The van der Waals surface area contributed by atoms with Crippen LogP contribution in [-0.4, -0.2) is 10.3 Å².